The molecule has 5 rings (SSSR count). The summed E-state index contributed by atoms with van der Waals surface area (Å²) in [6.07, 6.45) is 4.13. The Hall–Kier alpha value is -3.93. The average Bonchev–Trinajstić information content (AvgIpc) is 3.37. The van der Waals surface area contributed by atoms with Crippen LogP contribution in [0.3, 0.4) is 0 Å². The number of amides is 1. The van der Waals surface area contributed by atoms with Crippen LogP contribution in [0.1, 0.15) is 81.3 Å². The molecule has 6 heteroatoms. The first-order chi connectivity index (χ1) is 19.0. The largest absolute Gasteiger partial charge is 0.444 e. The summed E-state index contributed by atoms with van der Waals surface area (Å²) in [5.74, 6) is 0.357. The Morgan fingerprint density at radius 2 is 1.65 bits per heavy atom. The Morgan fingerprint density at radius 1 is 0.925 bits per heavy atom. The molecular weight excluding hydrogens is 498 g/mol. The van der Waals surface area contributed by atoms with Crippen molar-refractivity contribution >= 4 is 22.8 Å². The fourth-order valence-corrected chi connectivity index (χ4v) is 5.53. The third-order valence-electron chi connectivity index (χ3n) is 7.70. The average molecular weight is 538 g/mol. The fourth-order valence-electron chi connectivity index (χ4n) is 5.53. The van der Waals surface area contributed by atoms with Gasteiger partial charge in [-0.05, 0) is 68.4 Å². The molecule has 1 aliphatic rings. The number of carbonyl (C=O) groups excluding carboxylic acids is 2. The molecule has 2 heterocycles. The minimum Gasteiger partial charge on any atom is -0.444 e. The number of hydrogen-bond acceptors (Lipinski definition) is 4. The van der Waals surface area contributed by atoms with E-state index in [4.69, 9.17) is 9.84 Å². The van der Waals surface area contributed by atoms with Crippen molar-refractivity contribution in [2.24, 2.45) is 0 Å². The zero-order valence-electron chi connectivity index (χ0n) is 24.2. The lowest BCUT2D eigenvalue weighted by atomic mass is 9.79. The van der Waals surface area contributed by atoms with Gasteiger partial charge in [-0.1, -0.05) is 68.4 Å². The van der Waals surface area contributed by atoms with Gasteiger partial charge in [0.05, 0.1) is 5.69 Å². The maximum absolute atomic E-state index is 13.5. The molecule has 3 aromatic carbocycles. The molecule has 0 radical (unpaired) electrons. The maximum atomic E-state index is 13.5. The Labute approximate surface area is 236 Å². The van der Waals surface area contributed by atoms with E-state index in [1.54, 1.807) is 0 Å². The third-order valence-corrected chi connectivity index (χ3v) is 7.70. The number of ether oxygens (including phenoxy) is 1. The van der Waals surface area contributed by atoms with E-state index < -0.39 is 5.60 Å². The van der Waals surface area contributed by atoms with Gasteiger partial charge < -0.3 is 9.64 Å². The molecule has 208 valence electrons. The van der Waals surface area contributed by atoms with Gasteiger partial charge in [0.15, 0.2) is 5.78 Å². The molecule has 0 N–H and O–H groups in total. The number of benzene rings is 3. The molecule has 0 spiro atoms. The number of nitrogens with zero attached hydrogens (tertiary/aromatic N) is 3. The van der Waals surface area contributed by atoms with Crippen molar-refractivity contribution in [3.8, 4) is 5.69 Å². The number of piperidine rings is 1. The van der Waals surface area contributed by atoms with Crippen molar-refractivity contribution in [1.29, 1.82) is 0 Å². The molecule has 0 saturated carbocycles. The lowest BCUT2D eigenvalue weighted by Gasteiger charge is -2.34. The first-order valence-corrected chi connectivity index (χ1v) is 14.2. The van der Waals surface area contributed by atoms with E-state index in [1.165, 1.54) is 5.56 Å². The maximum Gasteiger partial charge on any atom is 0.410 e. The fraction of sp³-hybridized carbons (Fsp3) is 0.382. The van der Waals surface area contributed by atoms with Crippen LogP contribution in [-0.2, 0) is 10.2 Å². The van der Waals surface area contributed by atoms with Crippen LogP contribution < -0.4 is 0 Å². The van der Waals surface area contributed by atoms with E-state index in [2.05, 4.69) is 50.2 Å². The zero-order valence-corrected chi connectivity index (χ0v) is 24.2. The monoisotopic (exact) mass is 537 g/mol. The predicted molar refractivity (Wildman–Crippen MR) is 159 cm³/mol. The minimum atomic E-state index is -0.498. The Kier molecular flexibility index (Phi) is 7.54. The zero-order chi connectivity index (χ0) is 28.5. The van der Waals surface area contributed by atoms with Gasteiger partial charge in [0.25, 0.3) is 0 Å². The summed E-state index contributed by atoms with van der Waals surface area (Å²) in [7, 11) is 0. The number of ketones is 1. The highest BCUT2D eigenvalue weighted by Crippen LogP contribution is 2.31. The standard InChI is InChI=1S/C34H39N3O3/c1-33(2,3)40-32(39)36-20-10-12-25(22-36)24-16-18-28(19-17-24)37-23-26-11-9-15-29(31(26)35-37)30(38)21-34(4,5)27-13-7-6-8-14-27/h6-9,11,13-19,23,25H,10,12,20-22H2,1-5H3. The van der Waals surface area contributed by atoms with E-state index >= 15 is 0 Å². The van der Waals surface area contributed by atoms with Gasteiger partial charge in [0.2, 0.25) is 0 Å². The van der Waals surface area contributed by atoms with Crippen molar-refractivity contribution in [1.82, 2.24) is 14.7 Å². The van der Waals surface area contributed by atoms with Crippen LogP contribution in [0.25, 0.3) is 16.6 Å². The summed E-state index contributed by atoms with van der Waals surface area (Å²) in [5.41, 5.74) is 3.88. The molecule has 1 aliphatic heterocycles. The molecule has 4 aromatic rings. The van der Waals surface area contributed by atoms with Gasteiger partial charge in [-0.3, -0.25) is 4.79 Å². The SMILES string of the molecule is CC(C)(C)OC(=O)N1CCCC(c2ccc(-n3cc4cccc(C(=O)CC(C)(C)c5ccccc5)c4n3)cc2)C1. The van der Waals surface area contributed by atoms with Crippen molar-refractivity contribution in [3.05, 3.63) is 95.7 Å². The second kappa shape index (κ2) is 10.9. The number of likely N-dealkylation sites (tertiary alicyclic amines) is 1. The van der Waals surface area contributed by atoms with Gasteiger partial charge in [0, 0.05) is 42.6 Å². The van der Waals surface area contributed by atoms with Gasteiger partial charge in [-0.15, -0.1) is 0 Å². The summed E-state index contributed by atoms with van der Waals surface area (Å²) in [6.45, 7) is 11.3. The van der Waals surface area contributed by atoms with Crippen LogP contribution in [0.5, 0.6) is 0 Å². The number of Topliss-reactive ketones (excluding diaryl/α,β-unsaturated/α-hetero) is 1. The molecule has 1 fully saturated rings. The lowest BCUT2D eigenvalue weighted by molar-refractivity contribution is 0.0198. The van der Waals surface area contributed by atoms with Gasteiger partial charge in [-0.25, -0.2) is 9.48 Å². The molecule has 1 saturated heterocycles. The number of hydrogen-bond donors (Lipinski definition) is 0. The second-order valence-corrected chi connectivity index (χ2v) is 12.5. The van der Waals surface area contributed by atoms with Crippen LogP contribution in [0, 0.1) is 0 Å². The Bertz CT molecular complexity index is 1500. The summed E-state index contributed by atoms with van der Waals surface area (Å²) in [4.78, 5) is 27.9. The smallest absolute Gasteiger partial charge is 0.410 e. The molecule has 6 nitrogen and oxygen atoms in total. The van der Waals surface area contributed by atoms with Crippen LogP contribution >= 0.6 is 0 Å². The van der Waals surface area contributed by atoms with Crippen molar-refractivity contribution in [2.75, 3.05) is 13.1 Å². The highest BCUT2D eigenvalue weighted by atomic mass is 16.6. The van der Waals surface area contributed by atoms with E-state index in [1.807, 2.05) is 72.9 Å². The van der Waals surface area contributed by atoms with Gasteiger partial charge in [0.1, 0.15) is 11.1 Å². The Balaban J connectivity index is 1.33. The predicted octanol–water partition coefficient (Wildman–Crippen LogP) is 7.69. The molecule has 40 heavy (non-hydrogen) atoms. The highest BCUT2D eigenvalue weighted by molar-refractivity contribution is 6.07. The molecule has 1 amide bonds. The van der Waals surface area contributed by atoms with E-state index in [-0.39, 0.29) is 23.2 Å². The Morgan fingerprint density at radius 3 is 2.35 bits per heavy atom. The van der Waals surface area contributed by atoms with Crippen LogP contribution in [0.2, 0.25) is 0 Å². The summed E-state index contributed by atoms with van der Waals surface area (Å²) in [6, 6.07) is 24.4. The quantitative estimate of drug-likeness (QED) is 0.237. The number of aromatic nitrogens is 2. The van der Waals surface area contributed by atoms with E-state index in [0.29, 0.717) is 18.5 Å². The summed E-state index contributed by atoms with van der Waals surface area (Å²) in [5, 5.41) is 5.78. The van der Waals surface area contributed by atoms with Crippen LogP contribution in [0.15, 0.2) is 79.0 Å². The third kappa shape index (κ3) is 6.11. The van der Waals surface area contributed by atoms with Crippen LogP contribution in [0.4, 0.5) is 4.79 Å². The highest BCUT2D eigenvalue weighted by Gasteiger charge is 2.29. The first kappa shape index (κ1) is 27.6. The van der Waals surface area contributed by atoms with E-state index in [0.717, 1.165) is 41.5 Å². The molecule has 1 unspecified atom stereocenters. The number of rotatable bonds is 6. The second-order valence-electron chi connectivity index (χ2n) is 12.5. The molecule has 1 atom stereocenters. The topological polar surface area (TPSA) is 64.4 Å². The van der Waals surface area contributed by atoms with Crippen LogP contribution in [-0.4, -0.2) is 45.2 Å². The molecule has 0 bridgehead atoms. The van der Waals surface area contributed by atoms with Gasteiger partial charge in [-0.2, -0.15) is 5.10 Å². The molecular formula is C34H39N3O3. The first-order valence-electron chi connectivity index (χ1n) is 14.2. The minimum absolute atomic E-state index is 0.0897. The van der Waals surface area contributed by atoms with Crippen molar-refractivity contribution < 1.29 is 14.3 Å². The molecule has 1 aromatic heterocycles. The van der Waals surface area contributed by atoms with E-state index in [9.17, 15) is 9.59 Å². The number of fused-ring (bicyclic) bond motifs is 1. The number of carbonyl (C=O) groups is 2. The van der Waals surface area contributed by atoms with Crippen molar-refractivity contribution in [3.63, 3.8) is 0 Å². The van der Waals surface area contributed by atoms with Gasteiger partial charge >= 0.3 is 6.09 Å². The normalized spacial score (nSPS) is 16.2. The lowest BCUT2D eigenvalue weighted by Crippen LogP contribution is -2.42. The summed E-state index contributed by atoms with van der Waals surface area (Å²) >= 11 is 0. The molecule has 0 aliphatic carbocycles. The summed E-state index contributed by atoms with van der Waals surface area (Å²) < 4.78 is 7.44. The van der Waals surface area contributed by atoms with Crippen molar-refractivity contribution in [2.45, 2.75) is 70.8 Å².